The summed E-state index contributed by atoms with van der Waals surface area (Å²) in [6.45, 7) is 0. The number of aromatic nitrogens is 2. The summed E-state index contributed by atoms with van der Waals surface area (Å²) in [4.78, 5) is 0. The standard InChI is InChI=1S/C40H26N2/c1-2-14-29(15-3-1)41-35-20-8-6-16-33(35)39-31(18-10-22-37(39)41)32-19-11-23-38-40(32)34-17-7-9-21-36(34)42(38)30-25-24-27-12-4-5-13-28(27)26-30/h1-26H. The molecular weight excluding hydrogens is 508 g/mol. The average Bonchev–Trinajstić information content (AvgIpc) is 3.58. The van der Waals surface area contributed by atoms with Crippen LogP contribution in [-0.4, -0.2) is 9.13 Å². The van der Waals surface area contributed by atoms with Gasteiger partial charge in [-0.2, -0.15) is 0 Å². The van der Waals surface area contributed by atoms with E-state index in [0.717, 1.165) is 0 Å². The van der Waals surface area contributed by atoms with Gasteiger partial charge in [-0.05, 0) is 70.4 Å². The minimum absolute atomic E-state index is 1.17. The SMILES string of the molecule is c1ccc(-n2c3ccccc3c3c(-c4cccc5c4c4ccccc4n5-c4ccc5ccccc5c4)cccc32)cc1. The van der Waals surface area contributed by atoms with Crippen molar-refractivity contribution in [1.29, 1.82) is 0 Å². The Balaban J connectivity index is 1.39. The van der Waals surface area contributed by atoms with Crippen LogP contribution in [0.4, 0.5) is 0 Å². The van der Waals surface area contributed by atoms with Crippen LogP contribution < -0.4 is 0 Å². The van der Waals surface area contributed by atoms with Gasteiger partial charge in [-0.3, -0.25) is 0 Å². The van der Waals surface area contributed by atoms with E-state index in [1.807, 2.05) is 0 Å². The molecule has 9 rings (SSSR count). The zero-order chi connectivity index (χ0) is 27.6. The van der Waals surface area contributed by atoms with Crippen molar-refractivity contribution in [3.8, 4) is 22.5 Å². The fourth-order valence-electron chi connectivity index (χ4n) is 6.94. The van der Waals surface area contributed by atoms with Crippen LogP contribution >= 0.6 is 0 Å². The maximum atomic E-state index is 2.42. The molecule has 0 aliphatic heterocycles. The van der Waals surface area contributed by atoms with Gasteiger partial charge in [-0.1, -0.05) is 109 Å². The van der Waals surface area contributed by atoms with E-state index >= 15 is 0 Å². The van der Waals surface area contributed by atoms with Crippen molar-refractivity contribution in [2.75, 3.05) is 0 Å². The van der Waals surface area contributed by atoms with Gasteiger partial charge in [0.1, 0.15) is 0 Å². The third-order valence-corrected chi connectivity index (χ3v) is 8.69. The lowest BCUT2D eigenvalue weighted by Crippen LogP contribution is -1.94. The van der Waals surface area contributed by atoms with E-state index < -0.39 is 0 Å². The van der Waals surface area contributed by atoms with Crippen LogP contribution in [0.2, 0.25) is 0 Å². The van der Waals surface area contributed by atoms with Crippen LogP contribution in [0.3, 0.4) is 0 Å². The van der Waals surface area contributed by atoms with Crippen molar-refractivity contribution in [2.24, 2.45) is 0 Å². The van der Waals surface area contributed by atoms with Gasteiger partial charge in [-0.25, -0.2) is 0 Å². The molecule has 9 aromatic rings. The number of para-hydroxylation sites is 3. The highest BCUT2D eigenvalue weighted by atomic mass is 15.0. The number of fused-ring (bicyclic) bond motifs is 7. The minimum atomic E-state index is 1.17. The van der Waals surface area contributed by atoms with Crippen LogP contribution in [0.25, 0.3) is 76.9 Å². The summed E-state index contributed by atoms with van der Waals surface area (Å²) in [5, 5.41) is 7.60. The van der Waals surface area contributed by atoms with Gasteiger partial charge in [0.25, 0.3) is 0 Å². The smallest absolute Gasteiger partial charge is 0.0547 e. The first kappa shape index (κ1) is 23.1. The van der Waals surface area contributed by atoms with E-state index in [1.165, 1.54) is 76.9 Å². The predicted molar refractivity (Wildman–Crippen MR) is 178 cm³/mol. The summed E-state index contributed by atoms with van der Waals surface area (Å²) >= 11 is 0. The van der Waals surface area contributed by atoms with Crippen LogP contribution in [0.15, 0.2) is 158 Å². The highest BCUT2D eigenvalue weighted by Gasteiger charge is 2.20. The van der Waals surface area contributed by atoms with Gasteiger partial charge in [0.05, 0.1) is 22.1 Å². The molecule has 0 aliphatic rings. The van der Waals surface area contributed by atoms with Crippen molar-refractivity contribution >= 4 is 54.4 Å². The van der Waals surface area contributed by atoms with Crippen LogP contribution in [0.1, 0.15) is 0 Å². The molecular formula is C40H26N2. The molecule has 0 radical (unpaired) electrons. The Morgan fingerprint density at radius 3 is 1.45 bits per heavy atom. The second-order valence-electron chi connectivity index (χ2n) is 11.0. The number of hydrogen-bond donors (Lipinski definition) is 0. The molecule has 0 fully saturated rings. The molecule has 0 N–H and O–H groups in total. The molecule has 0 saturated carbocycles. The van der Waals surface area contributed by atoms with Gasteiger partial charge >= 0.3 is 0 Å². The van der Waals surface area contributed by atoms with Gasteiger partial charge in [0.15, 0.2) is 0 Å². The molecule has 0 aliphatic carbocycles. The maximum Gasteiger partial charge on any atom is 0.0547 e. The number of benzene rings is 7. The first-order chi connectivity index (χ1) is 20.9. The zero-order valence-electron chi connectivity index (χ0n) is 22.9. The first-order valence-corrected chi connectivity index (χ1v) is 14.5. The fraction of sp³-hybridized carbons (Fsp3) is 0. The predicted octanol–water partition coefficient (Wildman–Crippen LogP) is 10.7. The molecule has 0 unspecified atom stereocenters. The van der Waals surface area contributed by atoms with Crippen molar-refractivity contribution in [2.45, 2.75) is 0 Å². The van der Waals surface area contributed by atoms with Gasteiger partial charge in [0.2, 0.25) is 0 Å². The first-order valence-electron chi connectivity index (χ1n) is 14.5. The van der Waals surface area contributed by atoms with E-state index in [1.54, 1.807) is 0 Å². The summed E-state index contributed by atoms with van der Waals surface area (Å²) in [5.41, 5.74) is 9.73. The Morgan fingerprint density at radius 2 is 0.810 bits per heavy atom. The molecule has 0 atom stereocenters. The average molecular weight is 535 g/mol. The van der Waals surface area contributed by atoms with Gasteiger partial charge < -0.3 is 9.13 Å². The summed E-state index contributed by atoms with van der Waals surface area (Å²) < 4.78 is 4.82. The summed E-state index contributed by atoms with van der Waals surface area (Å²) in [7, 11) is 0. The lowest BCUT2D eigenvalue weighted by Gasteiger charge is -2.11. The topological polar surface area (TPSA) is 9.86 Å². The molecule has 42 heavy (non-hydrogen) atoms. The molecule has 2 nitrogen and oxygen atoms in total. The molecule has 2 heterocycles. The summed E-state index contributed by atoms with van der Waals surface area (Å²) in [6, 6.07) is 57.2. The number of nitrogens with zero attached hydrogens (tertiary/aromatic N) is 2. The second kappa shape index (κ2) is 8.95. The number of rotatable bonds is 3. The van der Waals surface area contributed by atoms with Crippen LogP contribution in [0.5, 0.6) is 0 Å². The molecule has 0 bridgehead atoms. The summed E-state index contributed by atoms with van der Waals surface area (Å²) in [6.07, 6.45) is 0. The molecule has 2 heteroatoms. The molecule has 7 aromatic carbocycles. The van der Waals surface area contributed by atoms with Crippen molar-refractivity contribution in [3.05, 3.63) is 158 Å². The lowest BCUT2D eigenvalue weighted by atomic mass is 9.95. The monoisotopic (exact) mass is 534 g/mol. The highest BCUT2D eigenvalue weighted by molar-refractivity contribution is 6.22. The maximum absolute atomic E-state index is 2.42. The molecule has 2 aromatic heterocycles. The Labute approximate surface area is 243 Å². The van der Waals surface area contributed by atoms with E-state index in [9.17, 15) is 0 Å². The highest BCUT2D eigenvalue weighted by Crippen LogP contribution is 2.43. The van der Waals surface area contributed by atoms with Crippen LogP contribution in [0, 0.1) is 0 Å². The van der Waals surface area contributed by atoms with E-state index in [4.69, 9.17) is 0 Å². The second-order valence-corrected chi connectivity index (χ2v) is 11.0. The normalized spacial score (nSPS) is 11.8. The Morgan fingerprint density at radius 1 is 0.310 bits per heavy atom. The van der Waals surface area contributed by atoms with Gasteiger partial charge in [-0.15, -0.1) is 0 Å². The Hall–Kier alpha value is -5.60. The third kappa shape index (κ3) is 3.27. The molecule has 196 valence electrons. The molecule has 0 saturated heterocycles. The third-order valence-electron chi connectivity index (χ3n) is 8.69. The fourth-order valence-corrected chi connectivity index (χ4v) is 6.94. The van der Waals surface area contributed by atoms with E-state index in [-0.39, 0.29) is 0 Å². The van der Waals surface area contributed by atoms with Gasteiger partial charge in [0, 0.05) is 32.9 Å². The van der Waals surface area contributed by atoms with Crippen molar-refractivity contribution < 1.29 is 0 Å². The molecule has 0 amide bonds. The Kier molecular flexibility index (Phi) is 4.93. The lowest BCUT2D eigenvalue weighted by molar-refractivity contribution is 1.18. The van der Waals surface area contributed by atoms with Crippen molar-refractivity contribution in [3.63, 3.8) is 0 Å². The molecule has 0 spiro atoms. The summed E-state index contributed by atoms with van der Waals surface area (Å²) in [5.74, 6) is 0. The largest absolute Gasteiger partial charge is 0.309 e. The quantitative estimate of drug-likeness (QED) is 0.213. The van der Waals surface area contributed by atoms with E-state index in [2.05, 4.69) is 167 Å². The van der Waals surface area contributed by atoms with Crippen LogP contribution in [-0.2, 0) is 0 Å². The number of hydrogen-bond acceptors (Lipinski definition) is 0. The van der Waals surface area contributed by atoms with Crippen molar-refractivity contribution in [1.82, 2.24) is 9.13 Å². The minimum Gasteiger partial charge on any atom is -0.309 e. The van der Waals surface area contributed by atoms with E-state index in [0.29, 0.717) is 0 Å². The Bertz CT molecular complexity index is 2460. The zero-order valence-corrected chi connectivity index (χ0v) is 22.9.